The zero-order valence-electron chi connectivity index (χ0n) is 19.1. The summed E-state index contributed by atoms with van der Waals surface area (Å²) in [5, 5.41) is 6.80. The van der Waals surface area contributed by atoms with Crippen LogP contribution in [0, 0.1) is 18.7 Å². The first-order valence-corrected chi connectivity index (χ1v) is 12.7. The Kier molecular flexibility index (Phi) is 7.08. The lowest BCUT2D eigenvalue weighted by Crippen LogP contribution is -2.43. The molecule has 2 heterocycles. The molecule has 1 aliphatic heterocycles. The van der Waals surface area contributed by atoms with Crippen LogP contribution < -0.4 is 5.32 Å². The summed E-state index contributed by atoms with van der Waals surface area (Å²) in [4.78, 5) is 17.1. The molecule has 1 saturated heterocycles. The van der Waals surface area contributed by atoms with Crippen LogP contribution in [0.1, 0.15) is 36.8 Å². The Morgan fingerprint density at radius 3 is 2.53 bits per heavy atom. The Morgan fingerprint density at radius 2 is 1.88 bits per heavy atom. The van der Waals surface area contributed by atoms with Crippen molar-refractivity contribution >= 4 is 15.9 Å². The van der Waals surface area contributed by atoms with E-state index in [0.717, 1.165) is 5.56 Å². The number of sulfonamides is 1. The van der Waals surface area contributed by atoms with Gasteiger partial charge in [0, 0.05) is 37.5 Å². The fraction of sp³-hybridized carbons (Fsp3) is 0.375. The predicted molar refractivity (Wildman–Crippen MR) is 124 cm³/mol. The van der Waals surface area contributed by atoms with Gasteiger partial charge in [0.2, 0.25) is 27.6 Å². The lowest BCUT2D eigenvalue weighted by molar-refractivity contribution is -0.126. The van der Waals surface area contributed by atoms with Gasteiger partial charge in [-0.3, -0.25) is 4.79 Å². The van der Waals surface area contributed by atoms with Crippen LogP contribution >= 0.6 is 0 Å². The van der Waals surface area contributed by atoms with Crippen molar-refractivity contribution in [2.75, 3.05) is 13.1 Å². The number of aromatic nitrogens is 2. The molecule has 0 atom stereocenters. The van der Waals surface area contributed by atoms with E-state index < -0.39 is 10.0 Å². The van der Waals surface area contributed by atoms with E-state index in [4.69, 9.17) is 4.52 Å². The number of carbonyl (C=O) groups excluding carboxylic acids is 1. The second-order valence-electron chi connectivity index (χ2n) is 8.37. The first-order chi connectivity index (χ1) is 16.3. The first-order valence-electron chi connectivity index (χ1n) is 11.2. The second-order valence-corrected chi connectivity index (χ2v) is 10.3. The van der Waals surface area contributed by atoms with Gasteiger partial charge in [-0.25, -0.2) is 12.8 Å². The Morgan fingerprint density at radius 1 is 1.18 bits per heavy atom. The summed E-state index contributed by atoms with van der Waals surface area (Å²) in [6.07, 6.45) is 1.45. The number of halogens is 1. The van der Waals surface area contributed by atoms with Gasteiger partial charge in [-0.05, 0) is 49.1 Å². The molecule has 3 aromatic rings. The van der Waals surface area contributed by atoms with Gasteiger partial charge in [0.05, 0.1) is 4.90 Å². The summed E-state index contributed by atoms with van der Waals surface area (Å²) in [6, 6.07) is 11.0. The summed E-state index contributed by atoms with van der Waals surface area (Å²) in [6.45, 7) is 4.46. The SMILES string of the molecule is CCc1nc(-c2ccc(C)c(S(=O)(=O)N3CCC(C(=O)NCc4ccc(F)cc4)CC3)c2)no1. The van der Waals surface area contributed by atoms with E-state index in [1.165, 1.54) is 16.4 Å². The number of rotatable bonds is 7. The summed E-state index contributed by atoms with van der Waals surface area (Å²) >= 11 is 0. The molecule has 1 fully saturated rings. The van der Waals surface area contributed by atoms with E-state index in [-0.39, 0.29) is 35.6 Å². The minimum Gasteiger partial charge on any atom is -0.352 e. The van der Waals surface area contributed by atoms with Crippen molar-refractivity contribution in [1.82, 2.24) is 19.8 Å². The highest BCUT2D eigenvalue weighted by molar-refractivity contribution is 7.89. The predicted octanol–water partition coefficient (Wildman–Crippen LogP) is 3.46. The topological polar surface area (TPSA) is 105 Å². The monoisotopic (exact) mass is 486 g/mol. The fourth-order valence-electron chi connectivity index (χ4n) is 3.97. The zero-order valence-corrected chi connectivity index (χ0v) is 19.9. The third kappa shape index (κ3) is 5.18. The normalized spacial score (nSPS) is 15.4. The maximum Gasteiger partial charge on any atom is 0.243 e. The van der Waals surface area contributed by atoms with Gasteiger partial charge in [0.1, 0.15) is 5.82 Å². The maximum absolute atomic E-state index is 13.4. The van der Waals surface area contributed by atoms with Gasteiger partial charge < -0.3 is 9.84 Å². The van der Waals surface area contributed by atoms with Crippen molar-refractivity contribution < 1.29 is 22.1 Å². The summed E-state index contributed by atoms with van der Waals surface area (Å²) in [5.74, 6) is 0.117. The molecule has 0 bridgehead atoms. The average molecular weight is 487 g/mol. The molecule has 0 saturated carbocycles. The largest absolute Gasteiger partial charge is 0.352 e. The average Bonchev–Trinajstić information content (AvgIpc) is 3.33. The molecule has 1 aliphatic rings. The van der Waals surface area contributed by atoms with Gasteiger partial charge >= 0.3 is 0 Å². The quantitative estimate of drug-likeness (QED) is 0.548. The molecule has 34 heavy (non-hydrogen) atoms. The molecule has 8 nitrogen and oxygen atoms in total. The zero-order chi connectivity index (χ0) is 24.3. The minimum atomic E-state index is -3.75. The number of hydrogen-bond acceptors (Lipinski definition) is 6. The Hall–Kier alpha value is -3.11. The van der Waals surface area contributed by atoms with Crippen LogP contribution in [-0.4, -0.2) is 41.9 Å². The van der Waals surface area contributed by atoms with Crippen LogP contribution in [-0.2, 0) is 27.8 Å². The van der Waals surface area contributed by atoms with E-state index in [1.807, 2.05) is 6.92 Å². The van der Waals surface area contributed by atoms with E-state index in [1.54, 1.807) is 37.3 Å². The number of aryl methyl sites for hydroxylation is 2. The van der Waals surface area contributed by atoms with Gasteiger partial charge in [0.25, 0.3) is 0 Å². The number of piperidine rings is 1. The van der Waals surface area contributed by atoms with Crippen LogP contribution in [0.3, 0.4) is 0 Å². The van der Waals surface area contributed by atoms with E-state index in [0.29, 0.717) is 48.6 Å². The van der Waals surface area contributed by atoms with Gasteiger partial charge in [0.15, 0.2) is 0 Å². The maximum atomic E-state index is 13.4. The highest BCUT2D eigenvalue weighted by Crippen LogP contribution is 2.29. The smallest absolute Gasteiger partial charge is 0.243 e. The highest BCUT2D eigenvalue weighted by Gasteiger charge is 2.33. The summed E-state index contributed by atoms with van der Waals surface area (Å²) < 4.78 is 46.4. The number of amides is 1. The van der Waals surface area contributed by atoms with Crippen LogP contribution in [0.4, 0.5) is 4.39 Å². The van der Waals surface area contributed by atoms with Crippen molar-refractivity contribution in [2.45, 2.75) is 44.6 Å². The van der Waals surface area contributed by atoms with Gasteiger partial charge in [-0.1, -0.05) is 36.3 Å². The van der Waals surface area contributed by atoms with Crippen LogP contribution in [0.15, 0.2) is 51.9 Å². The highest BCUT2D eigenvalue weighted by atomic mass is 32.2. The third-order valence-corrected chi connectivity index (χ3v) is 8.08. The molecular weight excluding hydrogens is 459 g/mol. The lowest BCUT2D eigenvalue weighted by Gasteiger charge is -2.31. The van der Waals surface area contributed by atoms with E-state index in [2.05, 4.69) is 15.5 Å². The fourth-order valence-corrected chi connectivity index (χ4v) is 5.69. The van der Waals surface area contributed by atoms with Crippen molar-refractivity contribution in [2.24, 2.45) is 5.92 Å². The molecule has 4 rings (SSSR count). The molecule has 0 spiro atoms. The number of carbonyl (C=O) groups is 1. The summed E-state index contributed by atoms with van der Waals surface area (Å²) in [7, 11) is -3.75. The van der Waals surface area contributed by atoms with Gasteiger partial charge in [-0.2, -0.15) is 9.29 Å². The Balaban J connectivity index is 1.41. The number of nitrogens with zero attached hydrogens (tertiary/aromatic N) is 3. The Bertz CT molecular complexity index is 1270. The third-order valence-electron chi connectivity index (χ3n) is 6.04. The van der Waals surface area contributed by atoms with Crippen LogP contribution in [0.2, 0.25) is 0 Å². The van der Waals surface area contributed by atoms with Crippen molar-refractivity contribution in [3.05, 3.63) is 65.3 Å². The molecule has 1 aromatic heterocycles. The van der Waals surface area contributed by atoms with Crippen molar-refractivity contribution in [3.63, 3.8) is 0 Å². The molecule has 1 N–H and O–H groups in total. The number of hydrogen-bond donors (Lipinski definition) is 1. The molecule has 1 amide bonds. The standard InChI is InChI=1S/C24H27FN4O4S/c1-3-22-27-23(28-33-22)19-7-4-16(2)21(14-19)34(31,32)29-12-10-18(11-13-29)24(30)26-15-17-5-8-20(25)9-6-17/h4-9,14,18H,3,10-13,15H2,1-2H3,(H,26,30). The molecule has 0 aliphatic carbocycles. The van der Waals surface area contributed by atoms with E-state index >= 15 is 0 Å². The van der Waals surface area contributed by atoms with Crippen molar-refractivity contribution in [3.8, 4) is 11.4 Å². The van der Waals surface area contributed by atoms with Gasteiger partial charge in [-0.15, -0.1) is 0 Å². The minimum absolute atomic E-state index is 0.122. The molecule has 0 unspecified atom stereocenters. The second kappa shape index (κ2) is 10.0. The Labute approximate surface area is 198 Å². The van der Waals surface area contributed by atoms with Crippen LogP contribution in [0.25, 0.3) is 11.4 Å². The molecular formula is C24H27FN4O4S. The molecule has 2 aromatic carbocycles. The molecule has 180 valence electrons. The van der Waals surface area contributed by atoms with E-state index in [9.17, 15) is 17.6 Å². The summed E-state index contributed by atoms with van der Waals surface area (Å²) in [5.41, 5.74) is 2.00. The van der Waals surface area contributed by atoms with Crippen LogP contribution in [0.5, 0.6) is 0 Å². The number of benzene rings is 2. The lowest BCUT2D eigenvalue weighted by atomic mass is 9.97. The molecule has 0 radical (unpaired) electrons. The first kappa shape index (κ1) is 24.0. The number of nitrogens with one attached hydrogen (secondary N) is 1. The molecule has 10 heteroatoms. The van der Waals surface area contributed by atoms with Crippen molar-refractivity contribution in [1.29, 1.82) is 0 Å².